The van der Waals surface area contributed by atoms with E-state index in [0.717, 1.165) is 12.0 Å². The second-order valence-electron chi connectivity index (χ2n) is 4.44. The number of rotatable bonds is 7. The molecule has 0 aliphatic heterocycles. The van der Waals surface area contributed by atoms with Crippen LogP contribution in [-0.2, 0) is 10.3 Å². The van der Waals surface area contributed by atoms with Gasteiger partial charge in [-0.2, -0.15) is 0 Å². The van der Waals surface area contributed by atoms with Crippen molar-refractivity contribution in [1.82, 2.24) is 0 Å². The molecule has 0 bridgehead atoms. The van der Waals surface area contributed by atoms with E-state index >= 15 is 0 Å². The quantitative estimate of drug-likeness (QED) is 0.763. The van der Waals surface area contributed by atoms with E-state index in [4.69, 9.17) is 10.5 Å². The van der Waals surface area contributed by atoms with Gasteiger partial charge in [-0.1, -0.05) is 37.3 Å². The van der Waals surface area contributed by atoms with E-state index in [9.17, 15) is 5.11 Å². The fraction of sp³-hybridized carbons (Fsp3) is 0.571. The first-order valence-electron chi connectivity index (χ1n) is 6.22. The van der Waals surface area contributed by atoms with E-state index in [1.165, 1.54) is 0 Å². The predicted octanol–water partition coefficient (Wildman–Crippen LogP) is 2.04. The Bertz CT molecular complexity index is 315. The number of nitrogens with two attached hydrogens (primary N) is 1. The second kappa shape index (κ2) is 6.74. The van der Waals surface area contributed by atoms with Crippen LogP contribution in [0.5, 0.6) is 0 Å². The molecule has 0 saturated heterocycles. The van der Waals surface area contributed by atoms with Gasteiger partial charge in [-0.25, -0.2) is 0 Å². The Hall–Kier alpha value is -0.900. The lowest BCUT2D eigenvalue weighted by Gasteiger charge is -2.27. The molecule has 0 aromatic heterocycles. The van der Waals surface area contributed by atoms with Crippen molar-refractivity contribution in [3.05, 3.63) is 35.9 Å². The van der Waals surface area contributed by atoms with Crippen LogP contribution in [0.2, 0.25) is 0 Å². The van der Waals surface area contributed by atoms with Crippen LogP contribution in [0.15, 0.2) is 30.3 Å². The molecule has 3 heteroatoms. The first-order valence-corrected chi connectivity index (χ1v) is 6.22. The molecule has 3 N–H and O–H groups in total. The van der Waals surface area contributed by atoms with Crippen molar-refractivity contribution in [2.45, 2.75) is 38.4 Å². The number of hydrogen-bond donors (Lipinski definition) is 2. The Kier molecular flexibility index (Phi) is 5.62. The number of ether oxygens (including phenoxy) is 1. The molecule has 96 valence electrons. The Morgan fingerprint density at radius 3 is 2.53 bits per heavy atom. The lowest BCUT2D eigenvalue weighted by Crippen LogP contribution is -2.36. The number of hydrogen-bond acceptors (Lipinski definition) is 3. The summed E-state index contributed by atoms with van der Waals surface area (Å²) in [5, 5.41) is 10.5. The van der Waals surface area contributed by atoms with Crippen molar-refractivity contribution >= 4 is 0 Å². The third kappa shape index (κ3) is 4.11. The summed E-state index contributed by atoms with van der Waals surface area (Å²) >= 11 is 0. The summed E-state index contributed by atoms with van der Waals surface area (Å²) in [6, 6.07) is 9.54. The Morgan fingerprint density at radius 1 is 1.35 bits per heavy atom. The molecule has 0 spiro atoms. The average molecular weight is 237 g/mol. The molecule has 2 atom stereocenters. The predicted molar refractivity (Wildman–Crippen MR) is 69.7 cm³/mol. The van der Waals surface area contributed by atoms with E-state index in [2.05, 4.69) is 6.92 Å². The second-order valence-corrected chi connectivity index (χ2v) is 4.44. The largest absolute Gasteiger partial charge is 0.384 e. The molecule has 0 aliphatic carbocycles. The molecule has 2 unspecified atom stereocenters. The summed E-state index contributed by atoms with van der Waals surface area (Å²) in [5.41, 5.74) is 5.56. The molecular formula is C14H23NO2. The SMILES string of the molecule is CCC(C)OCCC(O)(CN)c1ccccc1. The monoisotopic (exact) mass is 237 g/mol. The molecule has 0 saturated carbocycles. The average Bonchev–Trinajstić information content (AvgIpc) is 2.39. The third-order valence-electron chi connectivity index (χ3n) is 3.14. The van der Waals surface area contributed by atoms with Crippen LogP contribution in [0, 0.1) is 0 Å². The summed E-state index contributed by atoms with van der Waals surface area (Å²) in [5.74, 6) is 0. The van der Waals surface area contributed by atoms with Gasteiger partial charge in [-0.3, -0.25) is 0 Å². The van der Waals surface area contributed by atoms with Gasteiger partial charge in [0.2, 0.25) is 0 Å². The molecular weight excluding hydrogens is 214 g/mol. The van der Waals surface area contributed by atoms with Crippen molar-refractivity contribution in [2.24, 2.45) is 5.73 Å². The van der Waals surface area contributed by atoms with Gasteiger partial charge in [-0.15, -0.1) is 0 Å². The normalized spacial score (nSPS) is 16.5. The van der Waals surface area contributed by atoms with Crippen LogP contribution in [0.3, 0.4) is 0 Å². The zero-order chi connectivity index (χ0) is 12.7. The van der Waals surface area contributed by atoms with Gasteiger partial charge in [-0.05, 0) is 18.9 Å². The van der Waals surface area contributed by atoms with Crippen molar-refractivity contribution in [1.29, 1.82) is 0 Å². The van der Waals surface area contributed by atoms with Crippen LogP contribution >= 0.6 is 0 Å². The van der Waals surface area contributed by atoms with Crippen LogP contribution in [0.25, 0.3) is 0 Å². The Morgan fingerprint density at radius 2 is 2.00 bits per heavy atom. The topological polar surface area (TPSA) is 55.5 Å². The summed E-state index contributed by atoms with van der Waals surface area (Å²) in [7, 11) is 0. The highest BCUT2D eigenvalue weighted by Crippen LogP contribution is 2.23. The van der Waals surface area contributed by atoms with Gasteiger partial charge in [0, 0.05) is 13.0 Å². The molecule has 1 aromatic carbocycles. The molecule has 1 aromatic rings. The summed E-state index contributed by atoms with van der Waals surface area (Å²) in [6.07, 6.45) is 1.73. The summed E-state index contributed by atoms with van der Waals surface area (Å²) < 4.78 is 5.59. The number of benzene rings is 1. The fourth-order valence-corrected chi connectivity index (χ4v) is 1.66. The minimum atomic E-state index is -0.977. The van der Waals surface area contributed by atoms with Crippen LogP contribution in [0.4, 0.5) is 0 Å². The van der Waals surface area contributed by atoms with Gasteiger partial charge in [0.25, 0.3) is 0 Å². The van der Waals surface area contributed by atoms with E-state index in [-0.39, 0.29) is 12.6 Å². The van der Waals surface area contributed by atoms with Crippen molar-refractivity contribution in [2.75, 3.05) is 13.2 Å². The molecule has 0 fully saturated rings. The maximum atomic E-state index is 10.5. The van der Waals surface area contributed by atoms with Gasteiger partial charge >= 0.3 is 0 Å². The first kappa shape index (κ1) is 14.2. The first-order chi connectivity index (χ1) is 8.12. The summed E-state index contributed by atoms with van der Waals surface area (Å²) in [4.78, 5) is 0. The molecule has 0 amide bonds. The Balaban J connectivity index is 2.57. The molecule has 1 rings (SSSR count). The smallest absolute Gasteiger partial charge is 0.104 e. The van der Waals surface area contributed by atoms with Crippen LogP contribution in [-0.4, -0.2) is 24.4 Å². The number of aliphatic hydroxyl groups is 1. The molecule has 0 heterocycles. The van der Waals surface area contributed by atoms with Crippen LogP contribution < -0.4 is 5.73 Å². The van der Waals surface area contributed by atoms with E-state index < -0.39 is 5.60 Å². The van der Waals surface area contributed by atoms with E-state index in [0.29, 0.717) is 13.0 Å². The van der Waals surface area contributed by atoms with Gasteiger partial charge in [0.05, 0.1) is 12.7 Å². The Labute approximate surface area is 104 Å². The minimum Gasteiger partial charge on any atom is -0.384 e. The summed E-state index contributed by atoms with van der Waals surface area (Å²) in [6.45, 7) is 4.85. The van der Waals surface area contributed by atoms with Crippen molar-refractivity contribution in [3.8, 4) is 0 Å². The fourth-order valence-electron chi connectivity index (χ4n) is 1.66. The zero-order valence-corrected chi connectivity index (χ0v) is 10.7. The zero-order valence-electron chi connectivity index (χ0n) is 10.7. The van der Waals surface area contributed by atoms with Gasteiger partial charge in [0.15, 0.2) is 0 Å². The lowest BCUT2D eigenvalue weighted by molar-refractivity contribution is -0.0155. The van der Waals surface area contributed by atoms with Gasteiger partial charge < -0.3 is 15.6 Å². The van der Waals surface area contributed by atoms with E-state index in [1.54, 1.807) is 0 Å². The third-order valence-corrected chi connectivity index (χ3v) is 3.14. The highest BCUT2D eigenvalue weighted by molar-refractivity contribution is 5.22. The minimum absolute atomic E-state index is 0.209. The standard InChI is InChI=1S/C14H23NO2/c1-3-12(2)17-10-9-14(16,11-15)13-7-5-4-6-8-13/h4-8,12,16H,3,9-11,15H2,1-2H3. The molecule has 0 aliphatic rings. The van der Waals surface area contributed by atoms with Crippen molar-refractivity contribution in [3.63, 3.8) is 0 Å². The maximum absolute atomic E-state index is 10.5. The molecule has 3 nitrogen and oxygen atoms in total. The highest BCUT2D eigenvalue weighted by atomic mass is 16.5. The maximum Gasteiger partial charge on any atom is 0.104 e. The van der Waals surface area contributed by atoms with Gasteiger partial charge in [0.1, 0.15) is 5.60 Å². The highest BCUT2D eigenvalue weighted by Gasteiger charge is 2.27. The molecule has 17 heavy (non-hydrogen) atoms. The van der Waals surface area contributed by atoms with E-state index in [1.807, 2.05) is 37.3 Å². The lowest BCUT2D eigenvalue weighted by atomic mass is 9.91. The van der Waals surface area contributed by atoms with Crippen molar-refractivity contribution < 1.29 is 9.84 Å². The van der Waals surface area contributed by atoms with Crippen LogP contribution in [0.1, 0.15) is 32.3 Å². The molecule has 0 radical (unpaired) electrons.